The van der Waals surface area contributed by atoms with Crippen LogP contribution in [-0.2, 0) is 14.8 Å². The monoisotopic (exact) mass is 403 g/mol. The number of hydrogen-bond donors (Lipinski definition) is 2. The number of rotatable bonds is 4. The molecule has 2 aromatic carbocycles. The number of hydrogen-bond acceptors (Lipinski definition) is 4. The van der Waals surface area contributed by atoms with Crippen molar-refractivity contribution >= 4 is 32.5 Å². The second-order valence-corrected chi connectivity index (χ2v) is 8.29. The van der Waals surface area contributed by atoms with E-state index >= 15 is 0 Å². The Morgan fingerprint density at radius 3 is 2.61 bits per heavy atom. The Morgan fingerprint density at radius 2 is 1.86 bits per heavy atom. The zero-order chi connectivity index (χ0) is 19.7. The molecule has 0 radical (unpaired) electrons. The number of para-hydroxylation sites is 1. The van der Waals surface area contributed by atoms with Gasteiger partial charge in [0.1, 0.15) is 16.4 Å². The number of halogens is 1. The van der Waals surface area contributed by atoms with Gasteiger partial charge >= 0.3 is 0 Å². The molecule has 1 saturated heterocycles. The lowest BCUT2D eigenvalue weighted by Crippen LogP contribution is -2.40. The summed E-state index contributed by atoms with van der Waals surface area (Å²) in [5, 5.41) is 3.49. The number of carbonyl (C=O) groups excluding carboxylic acids is 1. The zero-order valence-electron chi connectivity index (χ0n) is 14.8. The van der Waals surface area contributed by atoms with Crippen molar-refractivity contribution in [3.8, 4) is 0 Å². The van der Waals surface area contributed by atoms with Gasteiger partial charge in [-0.15, -0.1) is 0 Å². The number of nitrogens with zero attached hydrogens (tertiary/aromatic N) is 1. The molecule has 7 nitrogen and oxygen atoms in total. The number of sulfonamides is 1. The van der Waals surface area contributed by atoms with Gasteiger partial charge in [-0.1, -0.05) is 18.2 Å². The molecular weight excluding hydrogens is 385 g/mol. The lowest BCUT2D eigenvalue weighted by molar-refractivity contribution is 0.0729. The van der Waals surface area contributed by atoms with Crippen LogP contribution >= 0.6 is 0 Å². The van der Waals surface area contributed by atoms with E-state index in [4.69, 9.17) is 4.74 Å². The molecule has 1 aliphatic heterocycles. The summed E-state index contributed by atoms with van der Waals surface area (Å²) in [5.41, 5.74) is 1.32. The smallest absolute Gasteiger partial charge is 0.272 e. The molecule has 2 N–H and O–H groups in total. The summed E-state index contributed by atoms with van der Waals surface area (Å²) >= 11 is 0. The predicted molar refractivity (Wildman–Crippen MR) is 102 cm³/mol. The predicted octanol–water partition coefficient (Wildman–Crippen LogP) is 2.58. The molecule has 0 bridgehead atoms. The summed E-state index contributed by atoms with van der Waals surface area (Å²) < 4.78 is 46.1. The zero-order valence-corrected chi connectivity index (χ0v) is 15.6. The number of H-pyrrole nitrogens is 1. The summed E-state index contributed by atoms with van der Waals surface area (Å²) in [6.07, 6.45) is 0. The van der Waals surface area contributed by atoms with Gasteiger partial charge in [0.25, 0.3) is 5.91 Å². The van der Waals surface area contributed by atoms with Gasteiger partial charge < -0.3 is 15.0 Å². The van der Waals surface area contributed by atoms with Crippen LogP contribution in [0, 0.1) is 5.82 Å². The Morgan fingerprint density at radius 1 is 1.11 bits per heavy atom. The van der Waals surface area contributed by atoms with E-state index < -0.39 is 26.6 Å². The molecule has 28 heavy (non-hydrogen) atoms. The highest BCUT2D eigenvalue weighted by Gasteiger charge is 2.29. The van der Waals surface area contributed by atoms with Crippen LogP contribution < -0.4 is 5.32 Å². The molecule has 3 aromatic rings. The first kappa shape index (κ1) is 18.6. The Kier molecular flexibility index (Phi) is 4.88. The van der Waals surface area contributed by atoms with Gasteiger partial charge in [0.2, 0.25) is 10.0 Å². The molecule has 0 unspecified atom stereocenters. The molecule has 0 spiro atoms. The topological polar surface area (TPSA) is 91.5 Å². The Balaban J connectivity index is 1.60. The molecule has 1 amide bonds. The second-order valence-electron chi connectivity index (χ2n) is 6.39. The number of nitrogens with one attached hydrogen (secondary N) is 2. The third kappa shape index (κ3) is 3.51. The number of anilines is 1. The maximum absolute atomic E-state index is 14.3. The Bertz CT molecular complexity index is 1100. The number of morpholine rings is 1. The number of benzene rings is 2. The fourth-order valence-electron chi connectivity index (χ4n) is 3.10. The van der Waals surface area contributed by atoms with Gasteiger partial charge in [-0.2, -0.15) is 4.31 Å². The summed E-state index contributed by atoms with van der Waals surface area (Å²) in [6, 6.07) is 12.6. The normalized spacial score (nSPS) is 15.6. The average molecular weight is 403 g/mol. The summed E-state index contributed by atoms with van der Waals surface area (Å²) in [7, 11) is -4.02. The van der Waals surface area contributed by atoms with Crippen LogP contribution in [0.2, 0.25) is 0 Å². The van der Waals surface area contributed by atoms with Crippen LogP contribution in [-0.4, -0.2) is 49.9 Å². The quantitative estimate of drug-likeness (QED) is 0.701. The highest BCUT2D eigenvalue weighted by atomic mass is 32.2. The second kappa shape index (κ2) is 7.34. The van der Waals surface area contributed by atoms with Crippen LogP contribution in [0.3, 0.4) is 0 Å². The maximum atomic E-state index is 14.3. The largest absolute Gasteiger partial charge is 0.379 e. The first-order valence-electron chi connectivity index (χ1n) is 8.72. The van der Waals surface area contributed by atoms with Crippen LogP contribution in [0.25, 0.3) is 10.9 Å². The lowest BCUT2D eigenvalue weighted by Gasteiger charge is -2.26. The number of aromatic amines is 1. The van der Waals surface area contributed by atoms with Crippen LogP contribution in [0.15, 0.2) is 53.4 Å². The van der Waals surface area contributed by atoms with E-state index in [1.807, 2.05) is 24.3 Å². The number of carbonyl (C=O) groups is 1. The molecule has 146 valence electrons. The Labute approximate surface area is 161 Å². The first-order valence-corrected chi connectivity index (χ1v) is 10.2. The van der Waals surface area contributed by atoms with Gasteiger partial charge in [-0.05, 0) is 30.3 Å². The van der Waals surface area contributed by atoms with Crippen molar-refractivity contribution in [3.63, 3.8) is 0 Å². The average Bonchev–Trinajstić information content (AvgIpc) is 3.14. The highest BCUT2D eigenvalue weighted by molar-refractivity contribution is 7.89. The standard InChI is InChI=1S/C19H18FN3O4S/c20-15-6-5-14(12-18(15)28(25,26)23-7-9-27-10-8-23)21-19(24)17-11-13-3-1-2-4-16(13)22-17/h1-6,11-12,22H,7-10H2,(H,21,24). The summed E-state index contributed by atoms with van der Waals surface area (Å²) in [5.74, 6) is -1.31. The van der Waals surface area contributed by atoms with Crippen LogP contribution in [0.1, 0.15) is 10.5 Å². The third-order valence-corrected chi connectivity index (χ3v) is 6.47. The third-order valence-electron chi connectivity index (χ3n) is 4.55. The minimum Gasteiger partial charge on any atom is -0.379 e. The molecule has 4 rings (SSSR count). The molecule has 1 aliphatic rings. The van der Waals surface area contributed by atoms with E-state index in [0.29, 0.717) is 5.69 Å². The van der Waals surface area contributed by atoms with E-state index in [2.05, 4.69) is 10.3 Å². The van der Waals surface area contributed by atoms with Crippen molar-refractivity contribution in [3.05, 3.63) is 60.0 Å². The first-order chi connectivity index (χ1) is 13.4. The summed E-state index contributed by atoms with van der Waals surface area (Å²) in [4.78, 5) is 15.0. The van der Waals surface area contributed by atoms with E-state index in [9.17, 15) is 17.6 Å². The minimum atomic E-state index is -4.02. The molecule has 0 aliphatic carbocycles. The van der Waals surface area contributed by atoms with Crippen molar-refractivity contribution in [1.82, 2.24) is 9.29 Å². The van der Waals surface area contributed by atoms with Gasteiger partial charge in [-0.25, -0.2) is 12.8 Å². The van der Waals surface area contributed by atoms with Gasteiger partial charge in [0.05, 0.1) is 13.2 Å². The Hall–Kier alpha value is -2.75. The highest BCUT2D eigenvalue weighted by Crippen LogP contribution is 2.24. The molecule has 1 aromatic heterocycles. The minimum absolute atomic E-state index is 0.160. The van der Waals surface area contributed by atoms with Crippen molar-refractivity contribution in [1.29, 1.82) is 0 Å². The van der Waals surface area contributed by atoms with Gasteiger partial charge in [0, 0.05) is 29.7 Å². The number of ether oxygens (including phenoxy) is 1. The SMILES string of the molecule is O=C(Nc1ccc(F)c(S(=O)(=O)N2CCOCC2)c1)c1cc2ccccc2[nH]1. The van der Waals surface area contributed by atoms with E-state index in [1.165, 1.54) is 10.4 Å². The van der Waals surface area contributed by atoms with Crippen LogP contribution in [0.4, 0.5) is 10.1 Å². The van der Waals surface area contributed by atoms with E-state index in [1.54, 1.807) is 6.07 Å². The maximum Gasteiger partial charge on any atom is 0.272 e. The lowest BCUT2D eigenvalue weighted by atomic mass is 10.2. The van der Waals surface area contributed by atoms with Gasteiger partial charge in [0.15, 0.2) is 0 Å². The fourth-order valence-corrected chi connectivity index (χ4v) is 4.60. The van der Waals surface area contributed by atoms with Crippen molar-refractivity contribution in [2.45, 2.75) is 4.90 Å². The fraction of sp³-hybridized carbons (Fsp3) is 0.211. The van der Waals surface area contributed by atoms with E-state index in [0.717, 1.165) is 23.0 Å². The van der Waals surface area contributed by atoms with Crippen molar-refractivity contribution in [2.24, 2.45) is 0 Å². The van der Waals surface area contributed by atoms with Crippen molar-refractivity contribution in [2.75, 3.05) is 31.6 Å². The van der Waals surface area contributed by atoms with Crippen molar-refractivity contribution < 1.29 is 22.3 Å². The molecule has 1 fully saturated rings. The summed E-state index contributed by atoms with van der Waals surface area (Å²) in [6.45, 7) is 0.843. The molecular formula is C19H18FN3O4S. The number of amides is 1. The molecule has 9 heteroatoms. The molecule has 2 heterocycles. The van der Waals surface area contributed by atoms with E-state index in [-0.39, 0.29) is 32.0 Å². The number of fused-ring (bicyclic) bond motifs is 1. The molecule has 0 saturated carbocycles. The number of aromatic nitrogens is 1. The molecule has 0 atom stereocenters. The van der Waals surface area contributed by atoms with Crippen LogP contribution in [0.5, 0.6) is 0 Å². The van der Waals surface area contributed by atoms with Gasteiger partial charge in [-0.3, -0.25) is 4.79 Å².